The molecule has 0 aromatic heterocycles. The molecule has 0 aromatic rings. The summed E-state index contributed by atoms with van der Waals surface area (Å²) in [4.78, 5) is 22.5. The summed E-state index contributed by atoms with van der Waals surface area (Å²) in [7, 11) is -4.30. The molecule has 43 heavy (non-hydrogen) atoms. The van der Waals surface area contributed by atoms with Crippen LogP contribution in [0.2, 0.25) is 0 Å². The molecular formula is C34H67N2O6P. The second kappa shape index (κ2) is 31.0. The highest BCUT2D eigenvalue weighted by molar-refractivity contribution is 7.47. The third kappa shape index (κ3) is 29.5. The second-order valence-corrected chi connectivity index (χ2v) is 13.2. The van der Waals surface area contributed by atoms with Crippen molar-refractivity contribution in [1.82, 2.24) is 5.32 Å². The Bertz CT molecular complexity index is 734. The third-order valence-electron chi connectivity index (χ3n) is 7.56. The maximum absolute atomic E-state index is 12.6. The van der Waals surface area contributed by atoms with E-state index in [2.05, 4.69) is 43.5 Å². The van der Waals surface area contributed by atoms with Crippen LogP contribution < -0.4 is 11.1 Å². The number of hydrogen-bond donors (Lipinski definition) is 4. The fourth-order valence-electron chi connectivity index (χ4n) is 4.87. The number of amides is 1. The maximum Gasteiger partial charge on any atom is 0.472 e. The number of unbranched alkanes of at least 4 members (excludes halogenated alkanes) is 16. The molecule has 0 saturated heterocycles. The van der Waals surface area contributed by atoms with Crippen molar-refractivity contribution in [3.05, 3.63) is 24.3 Å². The molecule has 0 saturated carbocycles. The molecule has 5 N–H and O–H groups in total. The van der Waals surface area contributed by atoms with Crippen LogP contribution in [0.5, 0.6) is 0 Å². The standard InChI is InChI=1S/C34H67N2O6P/c1-3-5-7-9-11-12-13-14-15-16-17-18-19-20-22-24-26-28-34(38)36-32(31-42-43(39,40)41-30-29-35)33(37)27-25-23-21-10-8-6-4-2/h11-12,14-15,32-33,37H,3-10,13,16-31,35H2,1-2H3,(H,36,38)(H,39,40)/b12-11-,15-14-. The van der Waals surface area contributed by atoms with Gasteiger partial charge in [0.1, 0.15) is 0 Å². The Balaban J connectivity index is 4.19. The van der Waals surface area contributed by atoms with Gasteiger partial charge in [-0.2, -0.15) is 0 Å². The van der Waals surface area contributed by atoms with Crippen LogP contribution in [0.1, 0.15) is 155 Å². The molecule has 0 aliphatic heterocycles. The Hall–Kier alpha value is -1.02. The molecule has 0 aromatic carbocycles. The van der Waals surface area contributed by atoms with Gasteiger partial charge in [0.15, 0.2) is 0 Å². The van der Waals surface area contributed by atoms with Crippen molar-refractivity contribution in [3.63, 3.8) is 0 Å². The molecular weight excluding hydrogens is 563 g/mol. The van der Waals surface area contributed by atoms with Gasteiger partial charge in [-0.3, -0.25) is 13.8 Å². The molecule has 0 bridgehead atoms. The zero-order chi connectivity index (χ0) is 31.9. The van der Waals surface area contributed by atoms with E-state index in [9.17, 15) is 19.4 Å². The quantitative estimate of drug-likeness (QED) is 0.0332. The van der Waals surface area contributed by atoms with Gasteiger partial charge in [0.05, 0.1) is 25.4 Å². The van der Waals surface area contributed by atoms with E-state index in [-0.39, 0.29) is 25.7 Å². The molecule has 0 aliphatic rings. The van der Waals surface area contributed by atoms with E-state index >= 15 is 0 Å². The first-order chi connectivity index (χ1) is 20.9. The summed E-state index contributed by atoms with van der Waals surface area (Å²) >= 11 is 0. The fraction of sp³-hybridized carbons (Fsp3) is 0.853. The van der Waals surface area contributed by atoms with Crippen molar-refractivity contribution in [3.8, 4) is 0 Å². The maximum atomic E-state index is 12.6. The first-order valence-corrected chi connectivity index (χ1v) is 18.9. The van der Waals surface area contributed by atoms with E-state index in [4.69, 9.17) is 14.8 Å². The molecule has 0 heterocycles. The van der Waals surface area contributed by atoms with Crippen molar-refractivity contribution >= 4 is 13.7 Å². The van der Waals surface area contributed by atoms with E-state index in [0.29, 0.717) is 12.8 Å². The van der Waals surface area contributed by atoms with Gasteiger partial charge < -0.3 is 21.1 Å². The molecule has 1 amide bonds. The van der Waals surface area contributed by atoms with E-state index < -0.39 is 20.0 Å². The monoisotopic (exact) mass is 630 g/mol. The smallest absolute Gasteiger partial charge is 0.391 e. The van der Waals surface area contributed by atoms with Crippen molar-refractivity contribution in [2.45, 2.75) is 167 Å². The third-order valence-corrected chi connectivity index (χ3v) is 8.54. The van der Waals surface area contributed by atoms with Crippen LogP contribution in [-0.2, 0) is 18.4 Å². The fourth-order valence-corrected chi connectivity index (χ4v) is 5.63. The summed E-state index contributed by atoms with van der Waals surface area (Å²) in [6, 6.07) is -0.773. The molecule has 9 heteroatoms. The lowest BCUT2D eigenvalue weighted by Gasteiger charge is -2.25. The summed E-state index contributed by atoms with van der Waals surface area (Å²) in [5, 5.41) is 13.6. The van der Waals surface area contributed by atoms with Crippen molar-refractivity contribution in [2.24, 2.45) is 5.73 Å². The number of rotatable bonds is 32. The van der Waals surface area contributed by atoms with E-state index in [1.165, 1.54) is 77.0 Å². The zero-order valence-electron chi connectivity index (χ0n) is 27.7. The van der Waals surface area contributed by atoms with E-state index in [0.717, 1.165) is 51.4 Å². The van der Waals surface area contributed by atoms with E-state index in [1.54, 1.807) is 0 Å². The highest BCUT2D eigenvalue weighted by atomic mass is 31.2. The van der Waals surface area contributed by atoms with Crippen LogP contribution in [0.15, 0.2) is 24.3 Å². The van der Waals surface area contributed by atoms with Crippen LogP contribution in [0.3, 0.4) is 0 Å². The Kier molecular flexibility index (Phi) is 30.2. The van der Waals surface area contributed by atoms with Crippen molar-refractivity contribution in [1.29, 1.82) is 0 Å². The molecule has 0 spiro atoms. The number of carbonyl (C=O) groups excluding carboxylic acids is 1. The van der Waals surface area contributed by atoms with Crippen LogP contribution in [0.4, 0.5) is 0 Å². The highest BCUT2D eigenvalue weighted by Crippen LogP contribution is 2.43. The van der Waals surface area contributed by atoms with Gasteiger partial charge >= 0.3 is 7.82 Å². The first-order valence-electron chi connectivity index (χ1n) is 17.5. The molecule has 0 fully saturated rings. The predicted molar refractivity (Wildman–Crippen MR) is 180 cm³/mol. The minimum absolute atomic E-state index is 0.0870. The Morgan fingerprint density at radius 1 is 0.767 bits per heavy atom. The number of phosphoric acid groups is 1. The average molecular weight is 631 g/mol. The minimum Gasteiger partial charge on any atom is -0.391 e. The summed E-state index contributed by atoms with van der Waals surface area (Å²) in [5.74, 6) is -0.176. The molecule has 8 nitrogen and oxygen atoms in total. The van der Waals surface area contributed by atoms with Gasteiger partial charge in [0, 0.05) is 13.0 Å². The summed E-state index contributed by atoms with van der Waals surface area (Å²) in [6.07, 6.45) is 31.9. The summed E-state index contributed by atoms with van der Waals surface area (Å²) in [5.41, 5.74) is 5.33. The van der Waals surface area contributed by atoms with Gasteiger partial charge in [-0.1, -0.05) is 128 Å². The van der Waals surface area contributed by atoms with Crippen LogP contribution in [0.25, 0.3) is 0 Å². The molecule has 0 rings (SSSR count). The number of carbonyl (C=O) groups is 1. The average Bonchev–Trinajstić information content (AvgIpc) is 2.99. The molecule has 3 atom stereocenters. The lowest BCUT2D eigenvalue weighted by atomic mass is 10.0. The molecule has 3 unspecified atom stereocenters. The number of hydrogen-bond acceptors (Lipinski definition) is 6. The molecule has 0 aliphatic carbocycles. The normalized spacial score (nSPS) is 14.8. The van der Waals surface area contributed by atoms with Gasteiger partial charge in [0.2, 0.25) is 5.91 Å². The zero-order valence-corrected chi connectivity index (χ0v) is 28.6. The lowest BCUT2D eigenvalue weighted by Crippen LogP contribution is -2.46. The van der Waals surface area contributed by atoms with Crippen molar-refractivity contribution < 1.29 is 28.4 Å². The topological polar surface area (TPSA) is 131 Å². The summed E-state index contributed by atoms with van der Waals surface area (Å²) in [6.45, 7) is 4.10. The van der Waals surface area contributed by atoms with Gasteiger partial charge in [-0.15, -0.1) is 0 Å². The number of nitrogens with two attached hydrogens (primary N) is 1. The largest absolute Gasteiger partial charge is 0.472 e. The SMILES string of the molecule is CCCCC/C=C\C/C=C\CCCCCCCCCC(=O)NC(COP(=O)(O)OCCN)C(O)CCCCCCCCC. The predicted octanol–water partition coefficient (Wildman–Crippen LogP) is 8.66. The second-order valence-electron chi connectivity index (χ2n) is 11.7. The van der Waals surface area contributed by atoms with Gasteiger partial charge in [0.25, 0.3) is 0 Å². The number of aliphatic hydroxyl groups excluding tert-OH is 1. The number of nitrogens with one attached hydrogen (secondary N) is 1. The first kappa shape index (κ1) is 42.0. The minimum atomic E-state index is -4.30. The number of phosphoric ester groups is 1. The van der Waals surface area contributed by atoms with Crippen LogP contribution >= 0.6 is 7.82 Å². The lowest BCUT2D eigenvalue weighted by molar-refractivity contribution is -0.123. The van der Waals surface area contributed by atoms with Gasteiger partial charge in [-0.05, 0) is 44.9 Å². The van der Waals surface area contributed by atoms with Crippen LogP contribution in [0, 0.1) is 0 Å². The Morgan fingerprint density at radius 3 is 1.88 bits per heavy atom. The Morgan fingerprint density at radius 2 is 1.28 bits per heavy atom. The molecule has 254 valence electrons. The number of aliphatic hydroxyl groups is 1. The number of allylic oxidation sites excluding steroid dienone is 4. The van der Waals surface area contributed by atoms with Crippen molar-refractivity contribution in [2.75, 3.05) is 19.8 Å². The highest BCUT2D eigenvalue weighted by Gasteiger charge is 2.27. The Labute approximate surface area is 264 Å². The summed E-state index contributed by atoms with van der Waals surface area (Å²) < 4.78 is 21.9. The van der Waals surface area contributed by atoms with Gasteiger partial charge in [-0.25, -0.2) is 4.57 Å². The van der Waals surface area contributed by atoms with E-state index in [1.807, 2.05) is 0 Å². The van der Waals surface area contributed by atoms with Crippen LogP contribution in [-0.4, -0.2) is 47.8 Å². The molecule has 0 radical (unpaired) electrons.